The molecule has 0 spiro atoms. The van der Waals surface area contributed by atoms with Gasteiger partial charge in [0.1, 0.15) is 30.1 Å². The molecule has 0 bridgehead atoms. The molecular weight excluding hydrogens is 707 g/mol. The Morgan fingerprint density at radius 3 is 2.26 bits per heavy atom. The van der Waals surface area contributed by atoms with Crippen LogP contribution in [-0.4, -0.2) is 62.6 Å². The molecule has 4 atom stereocenters. The third kappa shape index (κ3) is 15.7. The molecule has 300 valence electrons. The second kappa shape index (κ2) is 23.9. The highest BCUT2D eigenvalue weighted by atomic mass is 31.2. The third-order valence-electron chi connectivity index (χ3n) is 10.0. The molecule has 1 saturated heterocycles. The van der Waals surface area contributed by atoms with Crippen molar-refractivity contribution in [2.75, 3.05) is 32.2 Å². The van der Waals surface area contributed by atoms with E-state index in [-0.39, 0.29) is 32.5 Å². The van der Waals surface area contributed by atoms with Gasteiger partial charge < -0.3 is 24.8 Å². The average molecular weight is 771 g/mol. The van der Waals surface area contributed by atoms with E-state index in [1.807, 2.05) is 25.1 Å². The number of nitriles is 1. The minimum Gasteiger partial charge on any atom is -0.382 e. The molecule has 1 fully saturated rings. The Balaban J connectivity index is 1.12. The van der Waals surface area contributed by atoms with E-state index in [4.69, 9.17) is 34.3 Å². The first-order valence-electron chi connectivity index (χ1n) is 20.1. The van der Waals surface area contributed by atoms with Gasteiger partial charge in [0.25, 0.3) is 0 Å². The van der Waals surface area contributed by atoms with Crippen molar-refractivity contribution in [1.29, 1.82) is 5.26 Å². The lowest BCUT2D eigenvalue weighted by molar-refractivity contribution is -0.0712. The maximum absolute atomic E-state index is 13.0. The van der Waals surface area contributed by atoms with Crippen molar-refractivity contribution in [3.05, 3.63) is 53.7 Å². The number of ether oxygens (including phenoxy) is 3. The highest BCUT2D eigenvalue weighted by molar-refractivity contribution is 7.47. The standard InChI is InChI=1S/C40H63N6O7P/c1-3-4-5-6-7-8-9-10-11-12-13-14-15-16-17-18-25-49-29-35(50-28-34-20-19-33(26-41)27-43-34)30-51-54(47,48)52-31-40(2)24-23-38(53-40)36-21-22-37-39(42)44-32-45-46(36)37/h19-22,27,32,35,38H,3-18,23-25,28-31H2,1-2H3,(H,47,48)(H2,42,44,45)/t35-,38+,40-/m0/s1. The van der Waals surface area contributed by atoms with Gasteiger partial charge in [0.2, 0.25) is 0 Å². The van der Waals surface area contributed by atoms with E-state index in [1.54, 1.807) is 16.6 Å². The molecule has 0 aliphatic carbocycles. The number of fused-ring (bicyclic) bond motifs is 1. The number of pyridine rings is 1. The van der Waals surface area contributed by atoms with E-state index in [0.29, 0.717) is 42.0 Å². The van der Waals surface area contributed by atoms with Gasteiger partial charge in [-0.3, -0.25) is 14.0 Å². The largest absolute Gasteiger partial charge is 0.472 e. The number of phosphoric ester groups is 1. The second-order valence-corrected chi connectivity index (χ2v) is 16.2. The number of unbranched alkanes of at least 4 members (excludes halogenated alkanes) is 15. The maximum Gasteiger partial charge on any atom is 0.472 e. The summed E-state index contributed by atoms with van der Waals surface area (Å²) in [4.78, 5) is 18.9. The van der Waals surface area contributed by atoms with E-state index in [0.717, 1.165) is 18.5 Å². The summed E-state index contributed by atoms with van der Waals surface area (Å²) < 4.78 is 43.8. The molecule has 4 heterocycles. The van der Waals surface area contributed by atoms with Crippen LogP contribution in [0.2, 0.25) is 0 Å². The van der Waals surface area contributed by atoms with Gasteiger partial charge in [-0.15, -0.1) is 0 Å². The van der Waals surface area contributed by atoms with Crippen molar-refractivity contribution in [2.45, 2.75) is 154 Å². The number of phosphoric acid groups is 1. The highest BCUT2D eigenvalue weighted by Gasteiger charge is 2.40. The average Bonchev–Trinajstić information content (AvgIpc) is 3.79. The quantitative estimate of drug-likeness (QED) is 0.0506. The molecule has 14 heteroatoms. The van der Waals surface area contributed by atoms with Crippen LogP contribution in [0.15, 0.2) is 36.8 Å². The minimum absolute atomic E-state index is 0.122. The fourth-order valence-electron chi connectivity index (χ4n) is 6.75. The topological polar surface area (TPSA) is 176 Å². The number of nitrogens with two attached hydrogens (primary N) is 1. The highest BCUT2D eigenvalue weighted by Crippen LogP contribution is 2.47. The first-order chi connectivity index (χ1) is 26.2. The molecule has 0 radical (unpaired) electrons. The number of nitrogen functional groups attached to an aromatic ring is 1. The second-order valence-electron chi connectivity index (χ2n) is 14.8. The van der Waals surface area contributed by atoms with Crippen LogP contribution < -0.4 is 5.73 Å². The first-order valence-corrected chi connectivity index (χ1v) is 21.6. The molecule has 1 aliphatic heterocycles. The molecule has 3 aromatic rings. The van der Waals surface area contributed by atoms with Crippen LogP contribution in [0.3, 0.4) is 0 Å². The van der Waals surface area contributed by atoms with Crippen molar-refractivity contribution >= 4 is 19.2 Å². The van der Waals surface area contributed by atoms with E-state index >= 15 is 0 Å². The first kappa shape index (κ1) is 43.8. The van der Waals surface area contributed by atoms with Gasteiger partial charge in [-0.1, -0.05) is 103 Å². The van der Waals surface area contributed by atoms with Gasteiger partial charge in [0.15, 0.2) is 5.82 Å². The Bertz CT molecular complexity index is 1580. The van der Waals surface area contributed by atoms with E-state index < -0.39 is 19.5 Å². The molecule has 0 saturated carbocycles. The van der Waals surface area contributed by atoms with Gasteiger partial charge in [-0.25, -0.2) is 14.1 Å². The molecular formula is C40H63N6O7P. The van der Waals surface area contributed by atoms with E-state index in [9.17, 15) is 9.46 Å². The van der Waals surface area contributed by atoms with Crippen molar-refractivity contribution < 1.29 is 32.7 Å². The zero-order valence-corrected chi connectivity index (χ0v) is 33.4. The van der Waals surface area contributed by atoms with Crippen molar-refractivity contribution in [3.63, 3.8) is 0 Å². The van der Waals surface area contributed by atoms with Crippen LogP contribution in [0.4, 0.5) is 5.82 Å². The summed E-state index contributed by atoms with van der Waals surface area (Å²) >= 11 is 0. The normalized spacial score (nSPS) is 18.9. The van der Waals surface area contributed by atoms with Crippen LogP contribution in [-0.2, 0) is 34.4 Å². The smallest absolute Gasteiger partial charge is 0.382 e. The third-order valence-corrected chi connectivity index (χ3v) is 11.0. The van der Waals surface area contributed by atoms with Crippen molar-refractivity contribution in [2.24, 2.45) is 0 Å². The monoisotopic (exact) mass is 770 g/mol. The number of hydrogen-bond acceptors (Lipinski definition) is 11. The summed E-state index contributed by atoms with van der Waals surface area (Å²) in [6, 6.07) is 9.17. The van der Waals surface area contributed by atoms with Crippen molar-refractivity contribution in [1.82, 2.24) is 19.6 Å². The fourth-order valence-corrected chi connectivity index (χ4v) is 7.62. The summed E-state index contributed by atoms with van der Waals surface area (Å²) in [5.74, 6) is 0.375. The summed E-state index contributed by atoms with van der Waals surface area (Å²) in [6.07, 6.45) is 24.1. The maximum atomic E-state index is 13.0. The molecule has 1 aliphatic rings. The van der Waals surface area contributed by atoms with Crippen LogP contribution in [0.1, 0.15) is 152 Å². The van der Waals surface area contributed by atoms with Gasteiger partial charge in [0, 0.05) is 12.8 Å². The number of anilines is 1. The van der Waals surface area contributed by atoms with Gasteiger partial charge in [-0.2, -0.15) is 10.4 Å². The van der Waals surface area contributed by atoms with E-state index in [2.05, 4.69) is 22.0 Å². The molecule has 4 rings (SSSR count). The molecule has 13 nitrogen and oxygen atoms in total. The Morgan fingerprint density at radius 2 is 1.63 bits per heavy atom. The van der Waals surface area contributed by atoms with Gasteiger partial charge >= 0.3 is 7.82 Å². The Kier molecular flexibility index (Phi) is 19.3. The summed E-state index contributed by atoms with van der Waals surface area (Å²) in [5, 5.41) is 13.4. The van der Waals surface area contributed by atoms with E-state index in [1.165, 1.54) is 102 Å². The predicted molar refractivity (Wildman–Crippen MR) is 208 cm³/mol. The summed E-state index contributed by atoms with van der Waals surface area (Å²) in [7, 11) is -4.46. The number of aromatic nitrogens is 4. The Hall–Kier alpha value is -2.95. The number of hydrogen-bond donors (Lipinski definition) is 2. The lowest BCUT2D eigenvalue weighted by Crippen LogP contribution is -2.30. The summed E-state index contributed by atoms with van der Waals surface area (Å²) in [5.41, 5.74) is 7.74. The molecule has 0 amide bonds. The Labute approximate surface area is 321 Å². The number of nitrogens with zero attached hydrogens (tertiary/aromatic N) is 5. The zero-order chi connectivity index (χ0) is 38.5. The molecule has 3 N–H and O–H groups in total. The molecule has 1 unspecified atom stereocenters. The summed E-state index contributed by atoms with van der Waals surface area (Å²) in [6.45, 7) is 4.61. The fraction of sp³-hybridized carbons (Fsp3) is 0.700. The zero-order valence-electron chi connectivity index (χ0n) is 32.5. The number of rotatable bonds is 29. The van der Waals surface area contributed by atoms with Crippen LogP contribution in [0.5, 0.6) is 0 Å². The SMILES string of the molecule is CCCCCCCCCCCCCCCCCCOC[C@@H](COP(=O)(O)OC[C@]1(C)CC[C@H](c2ccc3c(N)ncnn23)O1)OCc1ccc(C#N)cn1. The van der Waals surface area contributed by atoms with Gasteiger partial charge in [0.05, 0.1) is 49.0 Å². The Morgan fingerprint density at radius 1 is 0.963 bits per heavy atom. The lowest BCUT2D eigenvalue weighted by Gasteiger charge is -2.26. The van der Waals surface area contributed by atoms with Crippen LogP contribution in [0.25, 0.3) is 5.52 Å². The molecule has 0 aromatic carbocycles. The lowest BCUT2D eigenvalue weighted by atomic mass is 10.0. The van der Waals surface area contributed by atoms with Gasteiger partial charge in [-0.05, 0) is 50.5 Å². The van der Waals surface area contributed by atoms with Crippen molar-refractivity contribution in [3.8, 4) is 6.07 Å². The molecule has 3 aromatic heterocycles. The molecule has 54 heavy (non-hydrogen) atoms. The minimum atomic E-state index is -4.46. The van der Waals surface area contributed by atoms with Crippen LogP contribution in [0, 0.1) is 11.3 Å². The van der Waals surface area contributed by atoms with Crippen LogP contribution >= 0.6 is 7.82 Å². The predicted octanol–water partition coefficient (Wildman–Crippen LogP) is 9.19.